The van der Waals surface area contributed by atoms with Crippen LogP contribution < -0.4 is 5.32 Å². The number of nitrogens with one attached hydrogen (secondary N) is 1. The van der Waals surface area contributed by atoms with E-state index in [0.717, 1.165) is 44.4 Å². The highest BCUT2D eigenvalue weighted by Gasteiger charge is 2.31. The normalized spacial score (nSPS) is 23.3. The van der Waals surface area contributed by atoms with Crippen LogP contribution >= 0.6 is 24.0 Å². The monoisotopic (exact) mass is 480 g/mol. The van der Waals surface area contributed by atoms with Gasteiger partial charge in [0, 0.05) is 38.8 Å². The maximum absolute atomic E-state index is 11.7. The summed E-state index contributed by atoms with van der Waals surface area (Å²) in [4.78, 5) is 21.0. The Kier molecular flexibility index (Phi) is 9.64. The summed E-state index contributed by atoms with van der Waals surface area (Å²) in [5.74, 6) is 1.68. The van der Waals surface area contributed by atoms with Gasteiger partial charge in [0.1, 0.15) is 0 Å². The maximum Gasteiger partial charge on any atom is 0.308 e. The first-order chi connectivity index (χ1) is 11.9. The van der Waals surface area contributed by atoms with E-state index in [0.29, 0.717) is 0 Å². The van der Waals surface area contributed by atoms with Crippen molar-refractivity contribution in [1.82, 2.24) is 15.1 Å². The number of piperidine rings is 2. The van der Waals surface area contributed by atoms with Crippen LogP contribution in [-0.2, 0) is 9.53 Å². The summed E-state index contributed by atoms with van der Waals surface area (Å²) < 4.78 is 4.87. The highest BCUT2D eigenvalue weighted by Crippen LogP contribution is 2.24. The van der Waals surface area contributed by atoms with Gasteiger partial charge in [0.05, 0.1) is 13.0 Å². The molecule has 1 N–H and O–H groups in total. The van der Waals surface area contributed by atoms with Gasteiger partial charge < -0.3 is 15.0 Å². The van der Waals surface area contributed by atoms with Gasteiger partial charge in [0.25, 0.3) is 0 Å². The molecule has 2 rings (SSSR count). The smallest absolute Gasteiger partial charge is 0.308 e. The fourth-order valence-electron chi connectivity index (χ4n) is 3.97. The minimum absolute atomic E-state index is 0. The second-order valence-corrected chi connectivity index (χ2v) is 8.19. The van der Waals surface area contributed by atoms with Gasteiger partial charge in [-0.2, -0.15) is 0 Å². The average Bonchev–Trinajstić information content (AvgIpc) is 2.62. The van der Waals surface area contributed by atoms with E-state index < -0.39 is 0 Å². The molecule has 0 radical (unpaired) electrons. The number of hydrogen-bond acceptors (Lipinski definition) is 4. The second kappa shape index (κ2) is 10.7. The van der Waals surface area contributed by atoms with Crippen molar-refractivity contribution in [1.29, 1.82) is 0 Å². The number of hydrogen-bond donors (Lipinski definition) is 1. The molecule has 0 aromatic heterocycles. The summed E-state index contributed by atoms with van der Waals surface area (Å²) in [5.41, 5.74) is 0.106. The predicted molar refractivity (Wildman–Crippen MR) is 117 cm³/mol. The molecule has 7 heteroatoms. The summed E-state index contributed by atoms with van der Waals surface area (Å²) >= 11 is 0. The van der Waals surface area contributed by atoms with Crippen LogP contribution in [-0.4, -0.2) is 74.1 Å². The van der Waals surface area contributed by atoms with Crippen molar-refractivity contribution in [3.63, 3.8) is 0 Å². The lowest BCUT2D eigenvalue weighted by Gasteiger charge is -2.44. The zero-order chi connectivity index (χ0) is 18.4. The summed E-state index contributed by atoms with van der Waals surface area (Å²) in [5, 5.41) is 3.57. The molecule has 26 heavy (non-hydrogen) atoms. The van der Waals surface area contributed by atoms with E-state index in [1.807, 2.05) is 7.05 Å². The van der Waals surface area contributed by atoms with Crippen molar-refractivity contribution in [2.24, 2.45) is 16.8 Å². The summed E-state index contributed by atoms with van der Waals surface area (Å²) in [6, 6.07) is 0. The number of nitrogens with zero attached hydrogens (tertiary/aromatic N) is 3. The van der Waals surface area contributed by atoms with Crippen molar-refractivity contribution >= 4 is 35.9 Å². The second-order valence-electron chi connectivity index (χ2n) is 8.19. The molecule has 152 valence electrons. The predicted octanol–water partition coefficient (Wildman–Crippen LogP) is 2.58. The molecular formula is C19H37IN4O2. The van der Waals surface area contributed by atoms with E-state index in [-0.39, 0.29) is 41.4 Å². The van der Waals surface area contributed by atoms with Crippen LogP contribution in [0.5, 0.6) is 0 Å². The number of carbonyl (C=O) groups is 1. The van der Waals surface area contributed by atoms with Crippen LogP contribution in [0.1, 0.15) is 46.5 Å². The highest BCUT2D eigenvalue weighted by atomic mass is 127. The molecule has 0 aromatic rings. The Hall–Kier alpha value is -0.570. The minimum atomic E-state index is -0.0806. The lowest BCUT2D eigenvalue weighted by atomic mass is 9.93. The van der Waals surface area contributed by atoms with E-state index in [1.165, 1.54) is 33.0 Å². The van der Waals surface area contributed by atoms with Crippen LogP contribution in [0.25, 0.3) is 0 Å². The number of methoxy groups -OCH3 is 1. The molecule has 6 nitrogen and oxygen atoms in total. The maximum atomic E-state index is 11.7. The molecule has 0 spiro atoms. The lowest BCUT2D eigenvalue weighted by Crippen LogP contribution is -2.57. The third-order valence-corrected chi connectivity index (χ3v) is 5.73. The number of aliphatic imine (C=N–C) groups is 1. The Morgan fingerprint density at radius 1 is 1.23 bits per heavy atom. The van der Waals surface area contributed by atoms with E-state index in [2.05, 4.69) is 40.9 Å². The molecule has 1 atom stereocenters. The van der Waals surface area contributed by atoms with Gasteiger partial charge in [0.15, 0.2) is 5.96 Å². The van der Waals surface area contributed by atoms with E-state index >= 15 is 0 Å². The van der Waals surface area contributed by atoms with E-state index in [9.17, 15) is 4.79 Å². The molecule has 2 aliphatic rings. The highest BCUT2D eigenvalue weighted by molar-refractivity contribution is 14.0. The van der Waals surface area contributed by atoms with Crippen molar-refractivity contribution in [2.75, 3.05) is 46.9 Å². The Morgan fingerprint density at radius 3 is 2.42 bits per heavy atom. The molecule has 0 aromatic carbocycles. The first-order valence-corrected chi connectivity index (χ1v) is 9.66. The first kappa shape index (κ1) is 23.5. The third kappa shape index (κ3) is 6.25. The standard InChI is InChI=1S/C19H36N4O2.HI/c1-15-7-6-10-23(13-15)19(2,3)14-21-18(20-4)22-11-8-16(9-12-22)17(24)25-5;/h15-16H,6-14H2,1-5H3,(H,20,21);1H. The lowest BCUT2D eigenvalue weighted by molar-refractivity contribution is -0.146. The number of esters is 1. The van der Waals surface area contributed by atoms with Crippen LogP contribution in [0.3, 0.4) is 0 Å². The Morgan fingerprint density at radius 2 is 1.88 bits per heavy atom. The van der Waals surface area contributed by atoms with Crippen LogP contribution in [0.2, 0.25) is 0 Å². The van der Waals surface area contributed by atoms with Crippen molar-refractivity contribution in [2.45, 2.75) is 52.0 Å². The SMILES string of the molecule is CN=C(NCC(C)(C)N1CCCC(C)C1)N1CCC(C(=O)OC)CC1.I. The van der Waals surface area contributed by atoms with Crippen molar-refractivity contribution < 1.29 is 9.53 Å². The van der Waals surface area contributed by atoms with Crippen LogP contribution in [0.4, 0.5) is 0 Å². The molecule has 2 heterocycles. The molecule has 0 aliphatic carbocycles. The average molecular weight is 480 g/mol. The Labute approximate surface area is 176 Å². The minimum Gasteiger partial charge on any atom is -0.469 e. The number of carbonyl (C=O) groups excluding carboxylic acids is 1. The van der Waals surface area contributed by atoms with E-state index in [1.54, 1.807) is 0 Å². The molecule has 0 amide bonds. The quantitative estimate of drug-likeness (QED) is 0.290. The number of ether oxygens (including phenoxy) is 1. The number of likely N-dealkylation sites (tertiary alicyclic amines) is 2. The fourth-order valence-corrected chi connectivity index (χ4v) is 3.97. The largest absolute Gasteiger partial charge is 0.469 e. The summed E-state index contributed by atoms with van der Waals surface area (Å²) in [6.45, 7) is 11.9. The number of halogens is 1. The first-order valence-electron chi connectivity index (χ1n) is 9.66. The van der Waals surface area contributed by atoms with E-state index in [4.69, 9.17) is 4.74 Å². The van der Waals surface area contributed by atoms with Gasteiger partial charge in [-0.05, 0) is 52.0 Å². The molecule has 0 bridgehead atoms. The molecule has 2 fully saturated rings. The zero-order valence-corrected chi connectivity index (χ0v) is 19.4. The number of guanidine groups is 1. The molecule has 1 unspecified atom stereocenters. The Balaban J connectivity index is 0.00000338. The van der Waals surface area contributed by atoms with Gasteiger partial charge in [0.2, 0.25) is 0 Å². The molecule has 2 aliphatic heterocycles. The van der Waals surface area contributed by atoms with Crippen molar-refractivity contribution in [3.8, 4) is 0 Å². The topological polar surface area (TPSA) is 57.2 Å². The molecular weight excluding hydrogens is 443 g/mol. The number of rotatable bonds is 4. The van der Waals surface area contributed by atoms with Gasteiger partial charge in [-0.25, -0.2) is 0 Å². The van der Waals surface area contributed by atoms with Gasteiger partial charge in [-0.1, -0.05) is 6.92 Å². The zero-order valence-electron chi connectivity index (χ0n) is 17.1. The van der Waals surface area contributed by atoms with Crippen LogP contribution in [0.15, 0.2) is 4.99 Å². The van der Waals surface area contributed by atoms with Crippen molar-refractivity contribution in [3.05, 3.63) is 0 Å². The Bertz CT molecular complexity index is 476. The summed E-state index contributed by atoms with van der Waals surface area (Å²) in [6.07, 6.45) is 4.30. The summed E-state index contributed by atoms with van der Waals surface area (Å²) in [7, 11) is 3.31. The van der Waals surface area contributed by atoms with Gasteiger partial charge >= 0.3 is 5.97 Å². The fraction of sp³-hybridized carbons (Fsp3) is 0.895. The third-order valence-electron chi connectivity index (χ3n) is 5.73. The van der Waals surface area contributed by atoms with Gasteiger partial charge in [-0.15, -0.1) is 24.0 Å². The van der Waals surface area contributed by atoms with Crippen LogP contribution in [0, 0.1) is 11.8 Å². The molecule has 2 saturated heterocycles. The molecule has 0 saturated carbocycles. The van der Waals surface area contributed by atoms with Gasteiger partial charge in [-0.3, -0.25) is 14.7 Å².